The number of nitrogens with zero attached hydrogens (tertiary/aromatic N) is 3. The van der Waals surface area contributed by atoms with Crippen LogP contribution in [0.25, 0.3) is 10.3 Å². The summed E-state index contributed by atoms with van der Waals surface area (Å²) in [6, 6.07) is 5.08. The van der Waals surface area contributed by atoms with Crippen LogP contribution in [0.4, 0.5) is 5.13 Å². The molecule has 0 atom stereocenters. The number of thiazole rings is 1. The zero-order valence-corrected chi connectivity index (χ0v) is 14.9. The molecule has 2 aromatic rings. The Kier molecular flexibility index (Phi) is 4.50. The van der Waals surface area contributed by atoms with E-state index in [2.05, 4.69) is 27.3 Å². The third-order valence-corrected chi connectivity index (χ3v) is 6.27. The summed E-state index contributed by atoms with van der Waals surface area (Å²) in [6.07, 6.45) is 7.97. The number of hydrogen-bond acceptors (Lipinski definition) is 5. The summed E-state index contributed by atoms with van der Waals surface area (Å²) in [5.41, 5.74) is 1.92. The molecule has 4 rings (SSSR count). The lowest BCUT2D eigenvalue weighted by Gasteiger charge is -2.35. The van der Waals surface area contributed by atoms with Crippen LogP contribution in [0.5, 0.6) is 0 Å². The zero-order chi connectivity index (χ0) is 16.5. The van der Waals surface area contributed by atoms with E-state index in [1.165, 1.54) is 69.9 Å². The molecular weight excluding hydrogens is 320 g/mol. The highest BCUT2D eigenvalue weighted by atomic mass is 32.1. The maximum Gasteiger partial charge on any atom is 0.223 e. The Bertz CT molecular complexity index is 730. The summed E-state index contributed by atoms with van der Waals surface area (Å²) >= 11 is 1.48. The number of fused-ring (bicyclic) bond motifs is 1. The predicted molar refractivity (Wildman–Crippen MR) is 97.5 cm³/mol. The zero-order valence-electron chi connectivity index (χ0n) is 14.1. The van der Waals surface area contributed by atoms with Crippen molar-refractivity contribution in [3.63, 3.8) is 0 Å². The van der Waals surface area contributed by atoms with Gasteiger partial charge in [0.25, 0.3) is 0 Å². The molecular formula is C18H24N4OS. The van der Waals surface area contributed by atoms with Gasteiger partial charge in [0.2, 0.25) is 5.91 Å². The van der Waals surface area contributed by atoms with Crippen molar-refractivity contribution in [2.24, 2.45) is 0 Å². The maximum absolute atomic E-state index is 11.2. The molecule has 128 valence electrons. The minimum atomic E-state index is -0.0893. The molecule has 1 amide bonds. The van der Waals surface area contributed by atoms with Crippen LogP contribution in [-0.2, 0) is 4.79 Å². The van der Waals surface area contributed by atoms with Gasteiger partial charge in [-0.15, -0.1) is 0 Å². The van der Waals surface area contributed by atoms with Crippen LogP contribution in [0.15, 0.2) is 12.1 Å². The van der Waals surface area contributed by atoms with Crippen LogP contribution in [0, 0.1) is 0 Å². The molecule has 0 unspecified atom stereocenters. The first kappa shape index (κ1) is 16.0. The van der Waals surface area contributed by atoms with E-state index in [9.17, 15) is 4.79 Å². The van der Waals surface area contributed by atoms with Crippen LogP contribution < -0.4 is 5.32 Å². The van der Waals surface area contributed by atoms with Gasteiger partial charge in [0.05, 0.1) is 4.70 Å². The van der Waals surface area contributed by atoms with Gasteiger partial charge < -0.3 is 10.2 Å². The number of carbonyl (C=O) groups excluding carboxylic acids is 1. The van der Waals surface area contributed by atoms with E-state index < -0.39 is 0 Å². The second kappa shape index (κ2) is 6.76. The minimum absolute atomic E-state index is 0.0893. The second-order valence-electron chi connectivity index (χ2n) is 7.01. The van der Waals surface area contributed by atoms with Gasteiger partial charge in [-0.3, -0.25) is 4.79 Å². The van der Waals surface area contributed by atoms with E-state index >= 15 is 0 Å². The summed E-state index contributed by atoms with van der Waals surface area (Å²) in [6.45, 7) is 3.90. The van der Waals surface area contributed by atoms with Gasteiger partial charge in [-0.1, -0.05) is 24.2 Å². The van der Waals surface area contributed by atoms with E-state index in [4.69, 9.17) is 4.98 Å². The first-order valence-corrected chi connectivity index (χ1v) is 9.80. The van der Waals surface area contributed by atoms with Crippen molar-refractivity contribution in [3.8, 4) is 0 Å². The summed E-state index contributed by atoms with van der Waals surface area (Å²) in [5, 5.41) is 3.39. The van der Waals surface area contributed by atoms with Gasteiger partial charge in [0, 0.05) is 24.6 Å². The number of amides is 1. The standard InChI is InChI=1S/C18H24N4OS/c1-12(23)19-18-21-17-16(24-18)7-6-15(20-17)13-8-10-22(11-9-13)14-4-2-3-5-14/h6-7,13-14H,2-5,8-11H2,1H3,(H,19,20,21,23). The average molecular weight is 344 g/mol. The molecule has 5 nitrogen and oxygen atoms in total. The van der Waals surface area contributed by atoms with Crippen molar-refractivity contribution in [1.29, 1.82) is 0 Å². The highest BCUT2D eigenvalue weighted by Gasteiger charge is 2.28. The molecule has 2 fully saturated rings. The maximum atomic E-state index is 11.2. The van der Waals surface area contributed by atoms with Gasteiger partial charge in [-0.05, 0) is 50.9 Å². The fourth-order valence-electron chi connectivity index (χ4n) is 4.09. The summed E-state index contributed by atoms with van der Waals surface area (Å²) in [4.78, 5) is 23.1. The third-order valence-electron chi connectivity index (χ3n) is 5.35. The number of nitrogens with one attached hydrogen (secondary N) is 1. The highest BCUT2D eigenvalue weighted by Crippen LogP contribution is 2.33. The molecule has 1 N–H and O–H groups in total. The van der Waals surface area contributed by atoms with E-state index in [1.807, 2.05) is 0 Å². The Morgan fingerprint density at radius 2 is 1.92 bits per heavy atom. The summed E-state index contributed by atoms with van der Waals surface area (Å²) < 4.78 is 1.03. The molecule has 2 aliphatic rings. The van der Waals surface area contributed by atoms with Gasteiger partial charge in [0.15, 0.2) is 10.8 Å². The van der Waals surface area contributed by atoms with E-state index in [0.717, 1.165) is 22.1 Å². The fourth-order valence-corrected chi connectivity index (χ4v) is 4.95. The topological polar surface area (TPSA) is 58.1 Å². The monoisotopic (exact) mass is 344 g/mol. The van der Waals surface area contributed by atoms with Crippen LogP contribution >= 0.6 is 11.3 Å². The number of carbonyl (C=O) groups is 1. The first-order valence-electron chi connectivity index (χ1n) is 8.98. The van der Waals surface area contributed by atoms with Crippen molar-refractivity contribution >= 4 is 32.7 Å². The molecule has 1 saturated carbocycles. The Labute approximate surface area is 146 Å². The number of aromatic nitrogens is 2. The largest absolute Gasteiger partial charge is 0.302 e. The third kappa shape index (κ3) is 3.30. The molecule has 0 spiro atoms. The van der Waals surface area contributed by atoms with Gasteiger partial charge in [-0.25, -0.2) is 4.98 Å². The Balaban J connectivity index is 1.45. The van der Waals surface area contributed by atoms with Crippen molar-refractivity contribution in [2.45, 2.75) is 57.4 Å². The number of rotatable bonds is 3. The lowest BCUT2D eigenvalue weighted by atomic mass is 9.92. The Hall–Kier alpha value is -1.53. The molecule has 6 heteroatoms. The van der Waals surface area contributed by atoms with Crippen LogP contribution in [-0.4, -0.2) is 39.9 Å². The average Bonchev–Trinajstić information content (AvgIpc) is 3.23. The van der Waals surface area contributed by atoms with Crippen LogP contribution in [0.2, 0.25) is 0 Å². The number of hydrogen-bond donors (Lipinski definition) is 1. The molecule has 3 heterocycles. The Morgan fingerprint density at radius 1 is 1.17 bits per heavy atom. The van der Waals surface area contributed by atoms with Crippen molar-refractivity contribution in [1.82, 2.24) is 14.9 Å². The fraction of sp³-hybridized carbons (Fsp3) is 0.611. The molecule has 0 radical (unpaired) electrons. The number of piperidine rings is 1. The summed E-state index contributed by atoms with van der Waals surface area (Å²) in [7, 11) is 0. The number of anilines is 1. The van der Waals surface area contributed by atoms with E-state index in [0.29, 0.717) is 11.0 Å². The normalized spacial score (nSPS) is 20.7. The van der Waals surface area contributed by atoms with E-state index in [-0.39, 0.29) is 5.91 Å². The van der Waals surface area contributed by atoms with Gasteiger partial charge in [-0.2, -0.15) is 4.98 Å². The molecule has 1 aliphatic carbocycles. The Morgan fingerprint density at radius 3 is 2.62 bits per heavy atom. The lowest BCUT2D eigenvalue weighted by Crippen LogP contribution is -2.39. The highest BCUT2D eigenvalue weighted by molar-refractivity contribution is 7.22. The predicted octanol–water partition coefficient (Wildman–Crippen LogP) is 3.77. The quantitative estimate of drug-likeness (QED) is 0.921. The molecule has 1 aliphatic heterocycles. The minimum Gasteiger partial charge on any atom is -0.302 e. The van der Waals surface area contributed by atoms with Gasteiger partial charge >= 0.3 is 0 Å². The van der Waals surface area contributed by atoms with E-state index in [1.54, 1.807) is 0 Å². The van der Waals surface area contributed by atoms with Crippen molar-refractivity contribution in [2.75, 3.05) is 18.4 Å². The molecule has 24 heavy (non-hydrogen) atoms. The smallest absolute Gasteiger partial charge is 0.223 e. The van der Waals surface area contributed by atoms with Crippen molar-refractivity contribution in [3.05, 3.63) is 17.8 Å². The molecule has 1 saturated heterocycles. The molecule has 0 bridgehead atoms. The number of pyridine rings is 1. The van der Waals surface area contributed by atoms with Crippen molar-refractivity contribution < 1.29 is 4.79 Å². The van der Waals surface area contributed by atoms with Crippen LogP contribution in [0.1, 0.15) is 57.1 Å². The second-order valence-corrected chi connectivity index (χ2v) is 8.04. The summed E-state index contributed by atoms with van der Waals surface area (Å²) in [5.74, 6) is 0.450. The van der Waals surface area contributed by atoms with Crippen LogP contribution in [0.3, 0.4) is 0 Å². The molecule has 2 aromatic heterocycles. The SMILES string of the molecule is CC(=O)Nc1nc2nc(C3CCN(C4CCCC4)CC3)ccc2s1. The van der Waals surface area contributed by atoms with Gasteiger partial charge in [0.1, 0.15) is 0 Å². The molecule has 0 aromatic carbocycles. The lowest BCUT2D eigenvalue weighted by molar-refractivity contribution is -0.114. The number of likely N-dealkylation sites (tertiary alicyclic amines) is 1. The first-order chi connectivity index (χ1) is 11.7.